The molecule has 0 fully saturated rings. The molecule has 0 radical (unpaired) electrons. The van der Waals surface area contributed by atoms with Gasteiger partial charge in [0.1, 0.15) is 6.07 Å². The molecular weight excluding hydrogens is 358 g/mol. The third-order valence-electron chi connectivity index (χ3n) is 5.56. The van der Waals surface area contributed by atoms with Crippen molar-refractivity contribution in [2.45, 2.75) is 13.8 Å². The summed E-state index contributed by atoms with van der Waals surface area (Å²) < 4.78 is 0. The number of nitriles is 1. The lowest BCUT2D eigenvalue weighted by Crippen LogP contribution is -2.00. The third-order valence-corrected chi connectivity index (χ3v) is 5.56. The van der Waals surface area contributed by atoms with Crippen molar-refractivity contribution in [1.82, 2.24) is 15.0 Å². The van der Waals surface area contributed by atoms with E-state index in [0.717, 1.165) is 50.2 Å². The first-order valence-corrected chi connectivity index (χ1v) is 9.47. The van der Waals surface area contributed by atoms with E-state index in [9.17, 15) is 5.26 Å². The van der Waals surface area contributed by atoms with Crippen LogP contribution in [0.4, 0.5) is 11.4 Å². The Balaban J connectivity index is 1.71. The van der Waals surface area contributed by atoms with Crippen LogP contribution in [-0.2, 0) is 0 Å². The summed E-state index contributed by atoms with van der Waals surface area (Å²) in [7, 11) is 0. The fourth-order valence-electron chi connectivity index (χ4n) is 3.98. The number of para-hydroxylation sites is 1. The van der Waals surface area contributed by atoms with Gasteiger partial charge >= 0.3 is 0 Å². The van der Waals surface area contributed by atoms with Crippen molar-refractivity contribution in [2.24, 2.45) is 0 Å². The number of nitrogens with zero attached hydrogens (tertiary/aromatic N) is 2. The van der Waals surface area contributed by atoms with Crippen LogP contribution in [0, 0.1) is 25.2 Å². The molecule has 0 spiro atoms. The van der Waals surface area contributed by atoms with Crippen molar-refractivity contribution in [1.29, 1.82) is 5.26 Å². The van der Waals surface area contributed by atoms with Gasteiger partial charge in [-0.05, 0) is 49.2 Å². The number of pyridine rings is 1. The molecular formula is C24H19N5. The predicted molar refractivity (Wildman–Crippen MR) is 117 cm³/mol. The molecule has 0 saturated heterocycles. The minimum absolute atomic E-state index is 0.508. The van der Waals surface area contributed by atoms with Crippen LogP contribution in [0.1, 0.15) is 16.7 Å². The van der Waals surface area contributed by atoms with Gasteiger partial charge < -0.3 is 15.3 Å². The molecule has 0 aliphatic carbocycles. The lowest BCUT2D eigenvalue weighted by Gasteiger charge is -2.15. The van der Waals surface area contributed by atoms with E-state index in [2.05, 4.69) is 58.4 Å². The molecule has 5 rings (SSSR count). The van der Waals surface area contributed by atoms with E-state index in [4.69, 9.17) is 0 Å². The Morgan fingerprint density at radius 3 is 2.59 bits per heavy atom. The number of aromatic nitrogens is 3. The van der Waals surface area contributed by atoms with Crippen LogP contribution >= 0.6 is 0 Å². The molecule has 0 saturated carbocycles. The van der Waals surface area contributed by atoms with E-state index in [1.807, 2.05) is 36.7 Å². The highest BCUT2D eigenvalue weighted by molar-refractivity contribution is 5.95. The first-order chi connectivity index (χ1) is 14.2. The Labute approximate surface area is 168 Å². The third kappa shape index (κ3) is 2.66. The van der Waals surface area contributed by atoms with Gasteiger partial charge in [-0.25, -0.2) is 0 Å². The lowest BCUT2D eigenvalue weighted by molar-refractivity contribution is 1.27. The largest absolute Gasteiger partial charge is 0.361 e. The number of aromatic amines is 2. The molecule has 3 aromatic heterocycles. The highest BCUT2D eigenvalue weighted by Crippen LogP contribution is 2.37. The number of nitrogens with one attached hydrogen (secondary N) is 3. The summed E-state index contributed by atoms with van der Waals surface area (Å²) >= 11 is 0. The zero-order chi connectivity index (χ0) is 20.0. The second-order valence-corrected chi connectivity index (χ2v) is 7.19. The van der Waals surface area contributed by atoms with E-state index in [-0.39, 0.29) is 0 Å². The highest BCUT2D eigenvalue weighted by atomic mass is 14.9. The van der Waals surface area contributed by atoms with Crippen LogP contribution < -0.4 is 5.32 Å². The Hall–Kier alpha value is -4.04. The minimum Gasteiger partial charge on any atom is -0.361 e. The van der Waals surface area contributed by atoms with Crippen LogP contribution in [0.3, 0.4) is 0 Å². The molecule has 0 atom stereocenters. The Morgan fingerprint density at radius 1 is 0.931 bits per heavy atom. The van der Waals surface area contributed by atoms with Gasteiger partial charge in [0.2, 0.25) is 0 Å². The van der Waals surface area contributed by atoms with Gasteiger partial charge in [-0.3, -0.25) is 4.98 Å². The first kappa shape index (κ1) is 17.1. The fraction of sp³-hybridized carbons (Fsp3) is 0.0833. The van der Waals surface area contributed by atoms with Gasteiger partial charge in [-0.15, -0.1) is 0 Å². The quantitative estimate of drug-likeness (QED) is 0.364. The Kier molecular flexibility index (Phi) is 3.85. The van der Waals surface area contributed by atoms with Crippen LogP contribution in [0.15, 0.2) is 61.1 Å². The molecule has 5 aromatic rings. The zero-order valence-corrected chi connectivity index (χ0v) is 16.2. The Morgan fingerprint density at radius 2 is 1.76 bits per heavy atom. The number of anilines is 2. The van der Waals surface area contributed by atoms with E-state index in [0.29, 0.717) is 5.56 Å². The van der Waals surface area contributed by atoms with Crippen LogP contribution in [-0.4, -0.2) is 15.0 Å². The molecule has 3 N–H and O–H groups in total. The van der Waals surface area contributed by atoms with Crippen LogP contribution in [0.5, 0.6) is 0 Å². The van der Waals surface area contributed by atoms with Gasteiger partial charge in [0.15, 0.2) is 0 Å². The predicted octanol–water partition coefficient (Wildman–Crippen LogP) is 5.94. The zero-order valence-electron chi connectivity index (χ0n) is 16.2. The minimum atomic E-state index is 0.508. The molecule has 0 aliphatic rings. The normalized spacial score (nSPS) is 11.1. The summed E-state index contributed by atoms with van der Waals surface area (Å²) in [5.74, 6) is 0. The van der Waals surface area contributed by atoms with E-state index >= 15 is 0 Å². The van der Waals surface area contributed by atoms with Gasteiger partial charge in [-0.1, -0.05) is 18.2 Å². The summed E-state index contributed by atoms with van der Waals surface area (Å²) in [5, 5.41) is 15.6. The van der Waals surface area contributed by atoms with Crippen molar-refractivity contribution in [3.05, 3.63) is 77.7 Å². The molecule has 3 heterocycles. The molecule has 0 aliphatic heterocycles. The second-order valence-electron chi connectivity index (χ2n) is 7.19. The standard InChI is InChI=1S/C24H19N5/c1-14-18-9-10-27-21(18)8-7-20(14)28-24-16(11-25)12-26-13-19(24)23-15(2)17-5-3-4-6-22(17)29-23/h3-10,12-13,27,29H,1-2H3,(H,26,28). The second kappa shape index (κ2) is 6.54. The number of hydrogen-bond acceptors (Lipinski definition) is 3. The summed E-state index contributed by atoms with van der Waals surface area (Å²) in [6, 6.07) is 16.6. The summed E-state index contributed by atoms with van der Waals surface area (Å²) in [6.45, 7) is 4.17. The van der Waals surface area contributed by atoms with E-state index in [1.54, 1.807) is 6.20 Å². The Bertz CT molecular complexity index is 1410. The maximum Gasteiger partial charge on any atom is 0.103 e. The molecule has 2 aromatic carbocycles. The van der Waals surface area contributed by atoms with E-state index < -0.39 is 0 Å². The van der Waals surface area contributed by atoms with Gasteiger partial charge in [0, 0.05) is 51.6 Å². The number of aryl methyl sites for hydroxylation is 2. The van der Waals surface area contributed by atoms with Crippen molar-refractivity contribution < 1.29 is 0 Å². The van der Waals surface area contributed by atoms with Gasteiger partial charge in [0.25, 0.3) is 0 Å². The molecule has 0 unspecified atom stereocenters. The number of rotatable bonds is 3. The van der Waals surface area contributed by atoms with E-state index in [1.165, 1.54) is 5.39 Å². The summed E-state index contributed by atoms with van der Waals surface area (Å²) in [6.07, 6.45) is 5.35. The molecule has 0 amide bonds. The van der Waals surface area contributed by atoms with Crippen LogP contribution in [0.25, 0.3) is 33.1 Å². The lowest BCUT2D eigenvalue weighted by atomic mass is 10.0. The van der Waals surface area contributed by atoms with Crippen molar-refractivity contribution in [3.63, 3.8) is 0 Å². The van der Waals surface area contributed by atoms with Crippen molar-refractivity contribution in [3.8, 4) is 17.3 Å². The molecule has 0 bridgehead atoms. The number of benzene rings is 2. The number of H-pyrrole nitrogens is 2. The first-order valence-electron chi connectivity index (χ1n) is 9.47. The molecule has 29 heavy (non-hydrogen) atoms. The van der Waals surface area contributed by atoms with Gasteiger partial charge in [-0.2, -0.15) is 5.26 Å². The average Bonchev–Trinajstić information content (AvgIpc) is 3.36. The number of fused-ring (bicyclic) bond motifs is 2. The van der Waals surface area contributed by atoms with Gasteiger partial charge in [0.05, 0.1) is 16.9 Å². The van der Waals surface area contributed by atoms with Crippen LogP contribution in [0.2, 0.25) is 0 Å². The maximum atomic E-state index is 9.74. The summed E-state index contributed by atoms with van der Waals surface area (Å²) in [4.78, 5) is 11.1. The maximum absolute atomic E-state index is 9.74. The van der Waals surface area contributed by atoms with Crippen molar-refractivity contribution >= 4 is 33.2 Å². The SMILES string of the molecule is Cc1c(Nc2c(C#N)cncc2-c2[nH]c3ccccc3c2C)ccc2[nH]ccc12. The fourth-order valence-corrected chi connectivity index (χ4v) is 3.98. The number of hydrogen-bond donors (Lipinski definition) is 3. The molecule has 5 nitrogen and oxygen atoms in total. The summed E-state index contributed by atoms with van der Waals surface area (Å²) in [5.41, 5.74) is 8.51. The topological polar surface area (TPSA) is 80.3 Å². The van der Waals surface area contributed by atoms with Crippen molar-refractivity contribution in [2.75, 3.05) is 5.32 Å². The molecule has 140 valence electrons. The average molecular weight is 377 g/mol. The monoisotopic (exact) mass is 377 g/mol. The molecule has 5 heteroatoms. The highest BCUT2D eigenvalue weighted by Gasteiger charge is 2.17. The smallest absolute Gasteiger partial charge is 0.103 e.